The van der Waals surface area contributed by atoms with Crippen LogP contribution >= 0.6 is 0 Å². The molecule has 5 nitrogen and oxygen atoms in total. The molecule has 0 bridgehead atoms. The summed E-state index contributed by atoms with van der Waals surface area (Å²) < 4.78 is 5.12. The smallest absolute Gasteiger partial charge is 0.227 e. The Morgan fingerprint density at radius 2 is 2.05 bits per heavy atom. The first kappa shape index (κ1) is 15.3. The molecule has 5 heteroatoms. The zero-order valence-electron chi connectivity index (χ0n) is 13.5. The van der Waals surface area contributed by atoms with Gasteiger partial charge in [-0.3, -0.25) is 4.79 Å². The highest BCUT2D eigenvalue weighted by molar-refractivity contribution is 5.79. The Balaban J connectivity index is 1.59. The minimum Gasteiger partial charge on any atom is -0.481 e. The molecule has 2 aliphatic heterocycles. The average Bonchev–Trinajstić information content (AvgIpc) is 2.95. The molecule has 1 amide bonds. The van der Waals surface area contributed by atoms with Crippen molar-refractivity contribution in [1.82, 2.24) is 14.8 Å². The molecule has 1 spiro atoms. The monoisotopic (exact) mass is 303 g/mol. The highest BCUT2D eigenvalue weighted by Crippen LogP contribution is 2.40. The van der Waals surface area contributed by atoms with Crippen molar-refractivity contribution in [3.63, 3.8) is 0 Å². The molecule has 2 aliphatic rings. The summed E-state index contributed by atoms with van der Waals surface area (Å²) in [7, 11) is 3.78. The molecule has 3 rings (SSSR count). The summed E-state index contributed by atoms with van der Waals surface area (Å²) in [6.07, 6.45) is 5.73. The van der Waals surface area contributed by atoms with Gasteiger partial charge >= 0.3 is 0 Å². The summed E-state index contributed by atoms with van der Waals surface area (Å²) in [5, 5.41) is 0. The molecule has 0 atom stereocenters. The van der Waals surface area contributed by atoms with E-state index >= 15 is 0 Å². The van der Waals surface area contributed by atoms with Gasteiger partial charge in [0.15, 0.2) is 0 Å². The molecule has 2 fully saturated rings. The van der Waals surface area contributed by atoms with Gasteiger partial charge in [-0.05, 0) is 56.4 Å². The maximum Gasteiger partial charge on any atom is 0.227 e. The van der Waals surface area contributed by atoms with Crippen molar-refractivity contribution in [3.05, 3.63) is 23.9 Å². The van der Waals surface area contributed by atoms with E-state index in [0.29, 0.717) is 17.7 Å². The number of hydrogen-bond acceptors (Lipinski definition) is 4. The third kappa shape index (κ3) is 3.24. The van der Waals surface area contributed by atoms with Crippen LogP contribution in [0.5, 0.6) is 5.88 Å². The van der Waals surface area contributed by atoms with E-state index in [9.17, 15) is 4.79 Å². The van der Waals surface area contributed by atoms with Gasteiger partial charge in [0.25, 0.3) is 0 Å². The molecule has 1 aromatic heterocycles. The summed E-state index contributed by atoms with van der Waals surface area (Å²) in [6, 6.07) is 3.74. The molecule has 0 aliphatic carbocycles. The number of nitrogens with zero attached hydrogens (tertiary/aromatic N) is 3. The zero-order chi connectivity index (χ0) is 15.6. The lowest BCUT2D eigenvalue weighted by Gasteiger charge is -2.37. The molecule has 1 aromatic rings. The minimum absolute atomic E-state index is 0.226. The fourth-order valence-electron chi connectivity index (χ4n) is 3.61. The molecule has 0 radical (unpaired) electrons. The number of rotatable bonds is 3. The quantitative estimate of drug-likeness (QED) is 0.850. The summed E-state index contributed by atoms with van der Waals surface area (Å²) in [4.78, 5) is 21.1. The highest BCUT2D eigenvalue weighted by atomic mass is 16.5. The van der Waals surface area contributed by atoms with Crippen LogP contribution in [0, 0.1) is 5.41 Å². The number of likely N-dealkylation sites (tertiary alicyclic amines) is 2. The number of carbonyl (C=O) groups excluding carboxylic acids is 1. The number of amides is 1. The van der Waals surface area contributed by atoms with Crippen LogP contribution < -0.4 is 4.74 Å². The molecule has 120 valence electrons. The summed E-state index contributed by atoms with van der Waals surface area (Å²) >= 11 is 0. The lowest BCUT2D eigenvalue weighted by molar-refractivity contribution is -0.130. The first-order valence-corrected chi connectivity index (χ1v) is 8.05. The minimum atomic E-state index is 0.226. The topological polar surface area (TPSA) is 45.7 Å². The van der Waals surface area contributed by atoms with Crippen LogP contribution in [-0.4, -0.2) is 61.0 Å². The first-order chi connectivity index (χ1) is 10.6. The molecular formula is C17H25N3O2. The van der Waals surface area contributed by atoms with Crippen molar-refractivity contribution in [2.45, 2.75) is 25.7 Å². The Labute approximate surface area is 132 Å². The Morgan fingerprint density at radius 3 is 2.77 bits per heavy atom. The van der Waals surface area contributed by atoms with Gasteiger partial charge in [-0.1, -0.05) is 0 Å². The number of piperidine rings is 1. The Kier molecular flexibility index (Phi) is 4.34. The summed E-state index contributed by atoms with van der Waals surface area (Å²) in [5.41, 5.74) is 1.35. The highest BCUT2D eigenvalue weighted by Gasteiger charge is 2.41. The van der Waals surface area contributed by atoms with Crippen molar-refractivity contribution >= 4 is 5.91 Å². The Bertz CT molecular complexity index is 538. The molecule has 22 heavy (non-hydrogen) atoms. The first-order valence-electron chi connectivity index (χ1n) is 8.05. The second-order valence-corrected chi connectivity index (χ2v) is 6.75. The van der Waals surface area contributed by atoms with E-state index in [1.165, 1.54) is 12.8 Å². The van der Waals surface area contributed by atoms with Gasteiger partial charge in [0.2, 0.25) is 11.8 Å². The molecule has 2 saturated heterocycles. The van der Waals surface area contributed by atoms with Gasteiger partial charge in [0.1, 0.15) is 0 Å². The number of pyridine rings is 1. The largest absolute Gasteiger partial charge is 0.481 e. The van der Waals surface area contributed by atoms with Crippen LogP contribution in [0.15, 0.2) is 18.3 Å². The van der Waals surface area contributed by atoms with Crippen molar-refractivity contribution in [2.75, 3.05) is 40.3 Å². The van der Waals surface area contributed by atoms with E-state index in [-0.39, 0.29) is 5.91 Å². The van der Waals surface area contributed by atoms with Crippen molar-refractivity contribution < 1.29 is 9.53 Å². The lowest BCUT2D eigenvalue weighted by atomic mass is 9.78. The molecular weight excluding hydrogens is 278 g/mol. The molecule has 0 N–H and O–H groups in total. The molecule has 0 aromatic carbocycles. The van der Waals surface area contributed by atoms with E-state index in [1.54, 1.807) is 13.3 Å². The SMILES string of the molecule is COc1cc(CC(=O)N2CCC3(CCN(C)CC3)C2)ccn1. The van der Waals surface area contributed by atoms with Gasteiger partial charge < -0.3 is 14.5 Å². The fraction of sp³-hybridized carbons (Fsp3) is 0.647. The van der Waals surface area contributed by atoms with Crippen LogP contribution in [0.4, 0.5) is 0 Å². The second kappa shape index (κ2) is 6.24. The average molecular weight is 303 g/mol. The van der Waals surface area contributed by atoms with Crippen LogP contribution in [-0.2, 0) is 11.2 Å². The van der Waals surface area contributed by atoms with Gasteiger partial charge in [-0.15, -0.1) is 0 Å². The number of aromatic nitrogens is 1. The number of hydrogen-bond donors (Lipinski definition) is 0. The normalized spacial score (nSPS) is 21.3. The molecule has 3 heterocycles. The zero-order valence-corrected chi connectivity index (χ0v) is 13.5. The van der Waals surface area contributed by atoms with Gasteiger partial charge in [-0.2, -0.15) is 0 Å². The van der Waals surface area contributed by atoms with Crippen molar-refractivity contribution in [3.8, 4) is 5.88 Å². The Hall–Kier alpha value is -1.62. The second-order valence-electron chi connectivity index (χ2n) is 6.75. The third-order valence-corrected chi connectivity index (χ3v) is 5.20. The summed E-state index contributed by atoms with van der Waals surface area (Å²) in [5.74, 6) is 0.794. The number of carbonyl (C=O) groups is 1. The Morgan fingerprint density at radius 1 is 1.32 bits per heavy atom. The predicted octanol–water partition coefficient (Wildman–Crippen LogP) is 1.58. The summed E-state index contributed by atoms with van der Waals surface area (Å²) in [6.45, 7) is 4.15. The van der Waals surface area contributed by atoms with E-state index in [0.717, 1.165) is 38.2 Å². The lowest BCUT2D eigenvalue weighted by Crippen LogP contribution is -2.40. The van der Waals surface area contributed by atoms with E-state index in [2.05, 4.69) is 21.8 Å². The van der Waals surface area contributed by atoms with Crippen LogP contribution in [0.3, 0.4) is 0 Å². The molecule has 0 unspecified atom stereocenters. The van der Waals surface area contributed by atoms with Gasteiger partial charge in [-0.25, -0.2) is 4.98 Å². The van der Waals surface area contributed by atoms with Crippen LogP contribution in [0.2, 0.25) is 0 Å². The van der Waals surface area contributed by atoms with Crippen molar-refractivity contribution in [2.24, 2.45) is 5.41 Å². The number of ether oxygens (including phenoxy) is 1. The van der Waals surface area contributed by atoms with Crippen LogP contribution in [0.25, 0.3) is 0 Å². The van der Waals surface area contributed by atoms with E-state index < -0.39 is 0 Å². The number of methoxy groups -OCH3 is 1. The van der Waals surface area contributed by atoms with Crippen LogP contribution in [0.1, 0.15) is 24.8 Å². The predicted molar refractivity (Wildman–Crippen MR) is 84.9 cm³/mol. The standard InChI is InChI=1S/C17H25N3O2/c1-19-8-4-17(5-9-19)6-10-20(13-17)16(21)12-14-3-7-18-15(11-14)22-2/h3,7,11H,4-6,8-10,12-13H2,1-2H3. The fourth-order valence-corrected chi connectivity index (χ4v) is 3.61. The molecule has 0 saturated carbocycles. The van der Waals surface area contributed by atoms with Gasteiger partial charge in [0, 0.05) is 25.4 Å². The van der Waals surface area contributed by atoms with Gasteiger partial charge in [0.05, 0.1) is 13.5 Å². The van der Waals surface area contributed by atoms with Crippen molar-refractivity contribution in [1.29, 1.82) is 0 Å². The van der Waals surface area contributed by atoms with E-state index in [4.69, 9.17) is 4.74 Å². The third-order valence-electron chi connectivity index (χ3n) is 5.20. The maximum absolute atomic E-state index is 12.6. The van der Waals surface area contributed by atoms with E-state index in [1.807, 2.05) is 12.1 Å². The maximum atomic E-state index is 12.6.